The fourth-order valence-electron chi connectivity index (χ4n) is 1.37. The average Bonchev–Trinajstić information content (AvgIpc) is 2.61. The summed E-state index contributed by atoms with van der Waals surface area (Å²) in [6.45, 7) is 1.30. The van der Waals surface area contributed by atoms with E-state index in [1.54, 1.807) is 11.3 Å². The van der Waals surface area contributed by atoms with Crippen molar-refractivity contribution >= 4 is 18.2 Å². The minimum absolute atomic E-state index is 0.117. The third-order valence-corrected chi connectivity index (χ3v) is 1.96. The molecule has 1 saturated heterocycles. The second-order valence-electron chi connectivity index (χ2n) is 2.78. The lowest BCUT2D eigenvalue weighted by Crippen LogP contribution is -2.44. The highest BCUT2D eigenvalue weighted by Crippen LogP contribution is 2.14. The van der Waals surface area contributed by atoms with E-state index < -0.39 is 0 Å². The summed E-state index contributed by atoms with van der Waals surface area (Å²) in [6, 6.07) is 0. The quantitative estimate of drug-likeness (QED) is 0.490. The number of amides is 2. The van der Waals surface area contributed by atoms with Gasteiger partial charge in [-0.05, 0) is 0 Å². The first-order valence-electron chi connectivity index (χ1n) is 3.91. The summed E-state index contributed by atoms with van der Waals surface area (Å²) in [5.74, 6) is -0.235. The van der Waals surface area contributed by atoms with Crippen molar-refractivity contribution in [2.75, 3.05) is 13.1 Å². The summed E-state index contributed by atoms with van der Waals surface area (Å²) in [5, 5.41) is 2.77. The maximum atomic E-state index is 11.2. The van der Waals surface area contributed by atoms with Crippen LogP contribution in [0.5, 0.6) is 0 Å². The summed E-state index contributed by atoms with van der Waals surface area (Å²) in [4.78, 5) is 26.3. The van der Waals surface area contributed by atoms with Gasteiger partial charge in [0, 0.05) is 12.8 Å². The topological polar surface area (TPSA) is 53.0 Å². The third kappa shape index (κ3) is 0.975. The number of nitrogens with zero attached hydrogens (tertiary/aromatic N) is 3. The number of carbonyl (C=O) groups excluding carboxylic acids is 2. The molecule has 0 aromatic carbocycles. The van der Waals surface area contributed by atoms with E-state index >= 15 is 0 Å². The van der Waals surface area contributed by atoms with Gasteiger partial charge in [-0.2, -0.15) is 5.01 Å². The van der Waals surface area contributed by atoms with Crippen LogP contribution in [0.25, 0.3) is 0 Å². The normalized spacial score (nSPS) is 23.0. The monoisotopic (exact) mass is 167 g/mol. The predicted octanol–water partition coefficient (Wildman–Crippen LogP) is -0.606. The van der Waals surface area contributed by atoms with Crippen molar-refractivity contribution in [3.63, 3.8) is 0 Å². The second kappa shape index (κ2) is 2.58. The summed E-state index contributed by atoms with van der Waals surface area (Å²) in [6.07, 6.45) is 2.22. The van der Waals surface area contributed by atoms with Gasteiger partial charge < -0.3 is 0 Å². The van der Waals surface area contributed by atoms with E-state index in [1.165, 1.54) is 5.01 Å². The van der Waals surface area contributed by atoms with Gasteiger partial charge in [-0.3, -0.25) is 19.6 Å². The molecule has 0 saturated carbocycles. The minimum Gasteiger partial charge on any atom is -0.273 e. The molecular formula is C7H9N3O2. The van der Waals surface area contributed by atoms with Crippen LogP contribution >= 0.6 is 0 Å². The van der Waals surface area contributed by atoms with Gasteiger partial charge in [0.05, 0.1) is 13.1 Å². The zero-order valence-electron chi connectivity index (χ0n) is 6.56. The number of aliphatic imine (C=N–C) groups is 1. The van der Waals surface area contributed by atoms with Gasteiger partial charge in [0.2, 0.25) is 11.8 Å². The van der Waals surface area contributed by atoms with Crippen molar-refractivity contribution in [2.45, 2.75) is 12.8 Å². The smallest absolute Gasteiger partial charge is 0.248 e. The van der Waals surface area contributed by atoms with Crippen LogP contribution in [0.2, 0.25) is 0 Å². The second-order valence-corrected chi connectivity index (χ2v) is 2.78. The van der Waals surface area contributed by atoms with E-state index in [1.807, 2.05) is 0 Å². The van der Waals surface area contributed by atoms with Crippen molar-refractivity contribution in [2.24, 2.45) is 4.99 Å². The molecule has 0 radical (unpaired) electrons. The SMILES string of the molecule is O=C1CCC(=O)N1N1C=NCC1. The van der Waals surface area contributed by atoms with Crippen LogP contribution in [0.1, 0.15) is 12.8 Å². The molecule has 0 aliphatic carbocycles. The molecule has 5 nitrogen and oxygen atoms in total. The third-order valence-electron chi connectivity index (χ3n) is 1.96. The van der Waals surface area contributed by atoms with E-state index in [0.717, 1.165) is 0 Å². The lowest BCUT2D eigenvalue weighted by molar-refractivity contribution is -0.149. The Kier molecular flexibility index (Phi) is 1.56. The Labute approximate surface area is 69.6 Å². The van der Waals surface area contributed by atoms with Crippen LogP contribution < -0.4 is 0 Å². The molecule has 2 rings (SSSR count). The molecule has 64 valence electrons. The van der Waals surface area contributed by atoms with Gasteiger partial charge >= 0.3 is 0 Å². The molecular weight excluding hydrogens is 158 g/mol. The standard InChI is InChI=1S/C7H9N3O2/c11-6-1-2-7(12)10(6)9-4-3-8-5-9/h5H,1-4H2. The molecule has 5 heteroatoms. The van der Waals surface area contributed by atoms with E-state index in [-0.39, 0.29) is 11.8 Å². The van der Waals surface area contributed by atoms with Crippen molar-refractivity contribution in [1.82, 2.24) is 10.0 Å². The summed E-state index contributed by atoms with van der Waals surface area (Å²) in [5.41, 5.74) is 0. The molecule has 0 atom stereocenters. The Balaban J connectivity index is 2.15. The van der Waals surface area contributed by atoms with Crippen LogP contribution in [-0.4, -0.2) is 41.3 Å². The van der Waals surface area contributed by atoms with Crippen LogP contribution in [-0.2, 0) is 9.59 Å². The highest BCUT2D eigenvalue weighted by molar-refractivity contribution is 6.02. The van der Waals surface area contributed by atoms with Gasteiger partial charge in [-0.1, -0.05) is 0 Å². The zero-order valence-corrected chi connectivity index (χ0v) is 6.56. The lowest BCUT2D eigenvalue weighted by atomic mass is 10.4. The van der Waals surface area contributed by atoms with Gasteiger partial charge in [-0.25, -0.2) is 0 Å². The largest absolute Gasteiger partial charge is 0.273 e. The summed E-state index contributed by atoms with van der Waals surface area (Å²) < 4.78 is 0. The number of hydrazine groups is 1. The number of hydrogen-bond donors (Lipinski definition) is 0. The molecule has 12 heavy (non-hydrogen) atoms. The Morgan fingerprint density at radius 1 is 1.25 bits per heavy atom. The summed E-state index contributed by atoms with van der Waals surface area (Å²) >= 11 is 0. The van der Waals surface area contributed by atoms with Crippen molar-refractivity contribution in [3.05, 3.63) is 0 Å². The molecule has 1 fully saturated rings. The van der Waals surface area contributed by atoms with Crippen molar-refractivity contribution in [3.8, 4) is 0 Å². The molecule has 2 aliphatic heterocycles. The van der Waals surface area contributed by atoms with E-state index in [9.17, 15) is 9.59 Å². The molecule has 2 heterocycles. The van der Waals surface area contributed by atoms with Gasteiger partial charge in [0.25, 0.3) is 0 Å². The Hall–Kier alpha value is -1.39. The maximum absolute atomic E-state index is 11.2. The molecule has 0 N–H and O–H groups in total. The van der Waals surface area contributed by atoms with Crippen molar-refractivity contribution < 1.29 is 9.59 Å². The minimum atomic E-state index is -0.117. The maximum Gasteiger partial charge on any atom is 0.248 e. The van der Waals surface area contributed by atoms with Crippen LogP contribution in [0.4, 0.5) is 0 Å². The highest BCUT2D eigenvalue weighted by Gasteiger charge is 2.33. The Morgan fingerprint density at radius 2 is 1.92 bits per heavy atom. The fourth-order valence-corrected chi connectivity index (χ4v) is 1.37. The molecule has 2 aliphatic rings. The molecule has 0 aromatic rings. The first-order chi connectivity index (χ1) is 5.79. The Bertz CT molecular complexity index is 245. The molecule has 0 bridgehead atoms. The number of rotatable bonds is 1. The van der Waals surface area contributed by atoms with Crippen LogP contribution in [0.15, 0.2) is 4.99 Å². The van der Waals surface area contributed by atoms with Gasteiger partial charge in [-0.15, -0.1) is 0 Å². The number of imide groups is 1. The highest BCUT2D eigenvalue weighted by atomic mass is 16.2. The first-order valence-corrected chi connectivity index (χ1v) is 3.91. The molecule has 0 spiro atoms. The van der Waals surface area contributed by atoms with Gasteiger partial charge in [0.15, 0.2) is 0 Å². The van der Waals surface area contributed by atoms with Gasteiger partial charge in [0.1, 0.15) is 6.34 Å². The van der Waals surface area contributed by atoms with Crippen LogP contribution in [0, 0.1) is 0 Å². The van der Waals surface area contributed by atoms with Crippen LogP contribution in [0.3, 0.4) is 0 Å². The Morgan fingerprint density at radius 3 is 2.42 bits per heavy atom. The fraction of sp³-hybridized carbons (Fsp3) is 0.571. The van der Waals surface area contributed by atoms with E-state index in [2.05, 4.69) is 4.99 Å². The number of hydrogen-bond acceptors (Lipinski definition) is 4. The predicted molar refractivity (Wildman–Crippen MR) is 41.2 cm³/mol. The first kappa shape index (κ1) is 7.27. The van der Waals surface area contributed by atoms with E-state index in [0.29, 0.717) is 25.9 Å². The van der Waals surface area contributed by atoms with Crippen molar-refractivity contribution in [1.29, 1.82) is 0 Å². The summed E-state index contributed by atoms with van der Waals surface area (Å²) in [7, 11) is 0. The van der Waals surface area contributed by atoms with E-state index in [4.69, 9.17) is 0 Å². The average molecular weight is 167 g/mol. The number of carbonyl (C=O) groups is 2. The molecule has 0 unspecified atom stereocenters. The molecule has 0 aromatic heterocycles. The zero-order chi connectivity index (χ0) is 8.55. The lowest BCUT2D eigenvalue weighted by Gasteiger charge is -2.23. The molecule has 2 amide bonds.